The van der Waals surface area contributed by atoms with Crippen molar-refractivity contribution >= 4 is 10.0 Å². The summed E-state index contributed by atoms with van der Waals surface area (Å²) in [5.74, 6) is 0.164. The largest absolute Gasteiger partial charge is 0.467 e. The van der Waals surface area contributed by atoms with Gasteiger partial charge in [-0.1, -0.05) is 0 Å². The van der Waals surface area contributed by atoms with Gasteiger partial charge in [-0.3, -0.25) is 0 Å². The third-order valence-electron chi connectivity index (χ3n) is 2.19. The van der Waals surface area contributed by atoms with Crippen molar-refractivity contribution in [1.29, 1.82) is 0 Å². The predicted molar refractivity (Wildman–Crippen MR) is 65.5 cm³/mol. The molecule has 0 bridgehead atoms. The van der Waals surface area contributed by atoms with E-state index in [2.05, 4.69) is 29.6 Å². The topological polar surface area (TPSA) is 132 Å². The van der Waals surface area contributed by atoms with Gasteiger partial charge >= 0.3 is 12.0 Å². The number of aromatic nitrogens is 5. The third-order valence-corrected chi connectivity index (χ3v) is 3.52. The number of rotatable bonds is 6. The van der Waals surface area contributed by atoms with Crippen molar-refractivity contribution in [3.05, 3.63) is 18.3 Å². The number of aromatic amines is 1. The average molecular weight is 300 g/mol. The average Bonchev–Trinajstić information content (AvgIpc) is 3.00. The Hall–Kier alpha value is -2.27. The summed E-state index contributed by atoms with van der Waals surface area (Å²) in [4.78, 5) is 17.8. The zero-order valence-electron chi connectivity index (χ0n) is 10.7. The van der Waals surface area contributed by atoms with E-state index in [-0.39, 0.29) is 29.4 Å². The Balaban J connectivity index is 2.15. The summed E-state index contributed by atoms with van der Waals surface area (Å²) in [6.07, 6.45) is 2.46. The fourth-order valence-electron chi connectivity index (χ4n) is 1.27. The van der Waals surface area contributed by atoms with Crippen LogP contribution in [0.3, 0.4) is 0 Å². The molecule has 0 aliphatic carbocycles. The maximum Gasteiger partial charge on any atom is 0.322 e. The molecule has 0 spiro atoms. The summed E-state index contributed by atoms with van der Waals surface area (Å²) < 4.78 is 35.8. The second-order valence-electron chi connectivity index (χ2n) is 3.47. The summed E-state index contributed by atoms with van der Waals surface area (Å²) in [5.41, 5.74) is 0. The molecule has 0 amide bonds. The highest BCUT2D eigenvalue weighted by Crippen LogP contribution is 2.09. The van der Waals surface area contributed by atoms with E-state index < -0.39 is 10.0 Å². The number of methoxy groups -OCH3 is 2. The highest BCUT2D eigenvalue weighted by atomic mass is 32.2. The first-order valence-electron chi connectivity index (χ1n) is 5.36. The molecule has 2 N–H and O–H groups in total. The van der Waals surface area contributed by atoms with Crippen LogP contribution < -0.4 is 14.2 Å². The van der Waals surface area contributed by atoms with E-state index in [1.165, 1.54) is 26.7 Å². The summed E-state index contributed by atoms with van der Waals surface area (Å²) >= 11 is 0. The van der Waals surface area contributed by atoms with Gasteiger partial charge in [0.2, 0.25) is 0 Å². The number of H-pyrrole nitrogens is 1. The third kappa shape index (κ3) is 3.19. The summed E-state index contributed by atoms with van der Waals surface area (Å²) in [6, 6.07) is 0.0696. The van der Waals surface area contributed by atoms with Crippen LogP contribution in [0, 0.1) is 0 Å². The molecule has 0 unspecified atom stereocenters. The Morgan fingerprint density at radius 3 is 2.35 bits per heavy atom. The summed E-state index contributed by atoms with van der Waals surface area (Å²) in [6.45, 7) is -0.142. The van der Waals surface area contributed by atoms with Crippen LogP contribution in [0.15, 0.2) is 17.6 Å². The molecule has 0 fully saturated rings. The molecular formula is C9H12N6O4S. The molecule has 0 aliphatic rings. The summed E-state index contributed by atoms with van der Waals surface area (Å²) in [7, 11) is -0.940. The molecular weight excluding hydrogens is 288 g/mol. The van der Waals surface area contributed by atoms with Crippen LogP contribution in [0.4, 0.5) is 0 Å². The highest BCUT2D eigenvalue weighted by molar-refractivity contribution is 7.89. The lowest BCUT2D eigenvalue weighted by Crippen LogP contribution is -2.25. The molecule has 11 heteroatoms. The van der Waals surface area contributed by atoms with Gasteiger partial charge in [-0.2, -0.15) is 9.97 Å². The fourth-order valence-corrected chi connectivity index (χ4v) is 2.15. The van der Waals surface area contributed by atoms with E-state index in [1.807, 2.05) is 0 Å². The SMILES string of the molecule is COc1nc(CNS(=O)(=O)c2cnc[nH]2)nc(OC)n1. The van der Waals surface area contributed by atoms with Crippen molar-refractivity contribution < 1.29 is 17.9 Å². The molecule has 2 aromatic heterocycles. The number of imidazole rings is 1. The maximum absolute atomic E-state index is 11.9. The highest BCUT2D eigenvalue weighted by Gasteiger charge is 2.16. The van der Waals surface area contributed by atoms with Crippen molar-refractivity contribution in [1.82, 2.24) is 29.6 Å². The number of sulfonamides is 1. The molecule has 0 aliphatic heterocycles. The lowest BCUT2D eigenvalue weighted by atomic mass is 10.6. The standard InChI is InChI=1S/C9H12N6O4S/c1-18-8-13-6(14-9(15-8)19-2)3-12-20(16,17)7-4-10-5-11-7/h4-5,12H,3H2,1-2H3,(H,10,11). The molecule has 2 rings (SSSR count). The van der Waals surface area contributed by atoms with Crippen LogP contribution in [-0.2, 0) is 16.6 Å². The van der Waals surface area contributed by atoms with Crippen LogP contribution >= 0.6 is 0 Å². The zero-order chi connectivity index (χ0) is 14.6. The molecule has 0 radical (unpaired) electrons. The van der Waals surface area contributed by atoms with Gasteiger partial charge in [0, 0.05) is 0 Å². The van der Waals surface area contributed by atoms with Crippen LogP contribution in [-0.4, -0.2) is 47.6 Å². The monoisotopic (exact) mass is 300 g/mol. The smallest absolute Gasteiger partial charge is 0.322 e. The van der Waals surface area contributed by atoms with Crippen molar-refractivity contribution in [2.45, 2.75) is 11.6 Å². The molecule has 0 atom stereocenters. The van der Waals surface area contributed by atoms with E-state index in [1.54, 1.807) is 0 Å². The van der Waals surface area contributed by atoms with Crippen LogP contribution in [0.1, 0.15) is 5.82 Å². The minimum atomic E-state index is -3.70. The Labute approximate surface area is 114 Å². The molecule has 2 heterocycles. The lowest BCUT2D eigenvalue weighted by molar-refractivity contribution is 0.336. The number of ether oxygens (including phenoxy) is 2. The van der Waals surface area contributed by atoms with Crippen LogP contribution in [0.5, 0.6) is 12.0 Å². The molecule has 0 aromatic carbocycles. The molecule has 0 saturated heterocycles. The lowest BCUT2D eigenvalue weighted by Gasteiger charge is -2.06. The Morgan fingerprint density at radius 1 is 1.20 bits per heavy atom. The maximum atomic E-state index is 11.9. The number of hydrogen-bond donors (Lipinski definition) is 2. The van der Waals surface area contributed by atoms with Gasteiger partial charge in [0.05, 0.1) is 33.3 Å². The Bertz CT molecular complexity index is 650. The van der Waals surface area contributed by atoms with Gasteiger partial charge in [-0.25, -0.2) is 18.1 Å². The first-order valence-corrected chi connectivity index (χ1v) is 6.84. The minimum Gasteiger partial charge on any atom is -0.467 e. The van der Waals surface area contributed by atoms with E-state index in [9.17, 15) is 8.42 Å². The van der Waals surface area contributed by atoms with Gasteiger partial charge < -0.3 is 14.5 Å². The summed E-state index contributed by atoms with van der Waals surface area (Å²) in [5, 5.41) is -0.0505. The quantitative estimate of drug-likeness (QED) is 0.700. The van der Waals surface area contributed by atoms with Crippen molar-refractivity contribution in [3.63, 3.8) is 0 Å². The van der Waals surface area contributed by atoms with Gasteiger partial charge in [0.1, 0.15) is 0 Å². The number of nitrogens with zero attached hydrogens (tertiary/aromatic N) is 4. The second-order valence-corrected chi connectivity index (χ2v) is 5.20. The number of hydrogen-bond acceptors (Lipinski definition) is 8. The Morgan fingerprint density at radius 2 is 1.85 bits per heavy atom. The zero-order valence-corrected chi connectivity index (χ0v) is 11.5. The first-order chi connectivity index (χ1) is 9.55. The van der Waals surface area contributed by atoms with Crippen molar-refractivity contribution in [3.8, 4) is 12.0 Å². The van der Waals surface area contributed by atoms with E-state index in [0.717, 1.165) is 0 Å². The van der Waals surface area contributed by atoms with Gasteiger partial charge in [0.25, 0.3) is 10.0 Å². The molecule has 10 nitrogen and oxygen atoms in total. The predicted octanol–water partition coefficient (Wildman–Crippen LogP) is -0.910. The normalized spacial score (nSPS) is 11.3. The van der Waals surface area contributed by atoms with Gasteiger partial charge in [-0.15, -0.1) is 4.98 Å². The van der Waals surface area contributed by atoms with Crippen molar-refractivity contribution in [2.75, 3.05) is 14.2 Å². The fraction of sp³-hybridized carbons (Fsp3) is 0.333. The molecule has 20 heavy (non-hydrogen) atoms. The number of nitrogens with one attached hydrogen (secondary N) is 2. The first kappa shape index (κ1) is 14.1. The van der Waals surface area contributed by atoms with Gasteiger partial charge in [-0.05, 0) is 0 Å². The Kier molecular flexibility index (Phi) is 4.10. The molecule has 108 valence electrons. The minimum absolute atomic E-state index is 0.0348. The van der Waals surface area contributed by atoms with E-state index >= 15 is 0 Å². The van der Waals surface area contributed by atoms with E-state index in [4.69, 9.17) is 9.47 Å². The molecule has 2 aromatic rings. The van der Waals surface area contributed by atoms with E-state index in [0.29, 0.717) is 0 Å². The van der Waals surface area contributed by atoms with Crippen molar-refractivity contribution in [2.24, 2.45) is 0 Å². The van der Waals surface area contributed by atoms with Crippen LogP contribution in [0.2, 0.25) is 0 Å². The molecule has 0 saturated carbocycles. The van der Waals surface area contributed by atoms with Crippen LogP contribution in [0.25, 0.3) is 0 Å². The second kappa shape index (κ2) is 5.79. The van der Waals surface area contributed by atoms with Gasteiger partial charge in [0.15, 0.2) is 10.9 Å².